The molecule has 1 aromatic carbocycles. The molecule has 8 heteroatoms. The number of hydrogen-bond acceptors (Lipinski definition) is 5. The van der Waals surface area contributed by atoms with Crippen LogP contribution >= 0.6 is 11.6 Å². The minimum Gasteiger partial charge on any atom is -0.374 e. The van der Waals surface area contributed by atoms with Crippen molar-refractivity contribution in [2.45, 2.75) is 32.9 Å². The highest BCUT2D eigenvalue weighted by molar-refractivity contribution is 6.31. The molecule has 0 spiro atoms. The maximum Gasteiger partial charge on any atom is 0.292 e. The molecule has 0 aliphatic carbocycles. The highest BCUT2D eigenvalue weighted by Crippen LogP contribution is 2.28. The summed E-state index contributed by atoms with van der Waals surface area (Å²) >= 11 is 5.87. The summed E-state index contributed by atoms with van der Waals surface area (Å²) in [5.41, 5.74) is 0.868. The van der Waals surface area contributed by atoms with Crippen molar-refractivity contribution in [2.24, 2.45) is 0 Å². The van der Waals surface area contributed by atoms with Gasteiger partial charge < -0.3 is 5.32 Å². The molecule has 21 heavy (non-hydrogen) atoms. The van der Waals surface area contributed by atoms with Crippen LogP contribution in [0.3, 0.4) is 0 Å². The molecule has 0 aliphatic heterocycles. The SMILES string of the molecule is CC(C)(C)n1cc(CNc2cc(Cl)ccc2[N+](=O)[O-])nn1. The van der Waals surface area contributed by atoms with Crippen molar-refractivity contribution in [2.75, 3.05) is 5.32 Å². The molecular weight excluding hydrogens is 294 g/mol. The monoisotopic (exact) mass is 309 g/mol. The molecule has 0 aliphatic rings. The summed E-state index contributed by atoms with van der Waals surface area (Å²) in [6.07, 6.45) is 1.81. The summed E-state index contributed by atoms with van der Waals surface area (Å²) in [5, 5.41) is 22.5. The minimum absolute atomic E-state index is 0.0254. The third-order valence-electron chi connectivity index (χ3n) is 2.84. The van der Waals surface area contributed by atoms with Crippen molar-refractivity contribution in [3.05, 3.63) is 45.2 Å². The van der Waals surface area contributed by atoms with Crippen LogP contribution in [-0.4, -0.2) is 19.9 Å². The molecule has 0 fully saturated rings. The third kappa shape index (κ3) is 3.69. The molecule has 7 nitrogen and oxygen atoms in total. The zero-order valence-electron chi connectivity index (χ0n) is 12.0. The van der Waals surface area contributed by atoms with Crippen LogP contribution in [0.4, 0.5) is 11.4 Å². The van der Waals surface area contributed by atoms with Gasteiger partial charge in [0.1, 0.15) is 11.4 Å². The molecule has 0 amide bonds. The molecule has 0 saturated heterocycles. The van der Waals surface area contributed by atoms with Crippen LogP contribution in [-0.2, 0) is 12.1 Å². The number of halogens is 1. The Morgan fingerprint density at radius 1 is 1.43 bits per heavy atom. The zero-order chi connectivity index (χ0) is 15.6. The highest BCUT2D eigenvalue weighted by Gasteiger charge is 2.17. The second-order valence-corrected chi connectivity index (χ2v) is 6.03. The van der Waals surface area contributed by atoms with Gasteiger partial charge in [-0.3, -0.25) is 10.1 Å². The van der Waals surface area contributed by atoms with Crippen molar-refractivity contribution in [3.8, 4) is 0 Å². The third-order valence-corrected chi connectivity index (χ3v) is 3.08. The largest absolute Gasteiger partial charge is 0.374 e. The number of nitro benzene ring substituents is 1. The molecule has 0 bridgehead atoms. The van der Waals surface area contributed by atoms with Gasteiger partial charge >= 0.3 is 0 Å². The van der Waals surface area contributed by atoms with E-state index in [1.807, 2.05) is 27.0 Å². The van der Waals surface area contributed by atoms with Crippen LogP contribution < -0.4 is 5.32 Å². The van der Waals surface area contributed by atoms with E-state index in [0.29, 0.717) is 22.9 Å². The number of hydrogen-bond donors (Lipinski definition) is 1. The lowest BCUT2D eigenvalue weighted by Crippen LogP contribution is -2.22. The Bertz CT molecular complexity index is 663. The minimum atomic E-state index is -0.454. The lowest BCUT2D eigenvalue weighted by molar-refractivity contribution is -0.384. The van der Waals surface area contributed by atoms with Crippen molar-refractivity contribution in [1.82, 2.24) is 15.0 Å². The Morgan fingerprint density at radius 2 is 2.14 bits per heavy atom. The Labute approximate surface area is 127 Å². The van der Waals surface area contributed by atoms with E-state index >= 15 is 0 Å². The summed E-state index contributed by atoms with van der Waals surface area (Å²) in [5.74, 6) is 0. The van der Waals surface area contributed by atoms with Gasteiger partial charge in [0.15, 0.2) is 0 Å². The van der Waals surface area contributed by atoms with Crippen molar-refractivity contribution >= 4 is 23.0 Å². The number of aromatic nitrogens is 3. The van der Waals surface area contributed by atoms with Gasteiger partial charge in [0.05, 0.1) is 23.2 Å². The average Bonchev–Trinajstić information content (AvgIpc) is 2.84. The molecule has 112 valence electrons. The number of nitrogens with zero attached hydrogens (tertiary/aromatic N) is 4. The van der Waals surface area contributed by atoms with Crippen LogP contribution in [0.25, 0.3) is 0 Å². The number of nitrogens with one attached hydrogen (secondary N) is 1. The smallest absolute Gasteiger partial charge is 0.292 e. The maximum atomic E-state index is 11.0. The van der Waals surface area contributed by atoms with Crippen LogP contribution in [0.2, 0.25) is 5.02 Å². The van der Waals surface area contributed by atoms with E-state index in [9.17, 15) is 10.1 Å². The predicted molar refractivity (Wildman–Crippen MR) is 80.5 cm³/mol. The van der Waals surface area contributed by atoms with Crippen molar-refractivity contribution < 1.29 is 4.92 Å². The summed E-state index contributed by atoms with van der Waals surface area (Å²) in [6.45, 7) is 6.37. The molecule has 2 rings (SSSR count). The van der Waals surface area contributed by atoms with E-state index in [-0.39, 0.29) is 11.2 Å². The first-order chi connectivity index (χ1) is 9.77. The first kappa shape index (κ1) is 15.2. The number of nitro groups is 1. The van der Waals surface area contributed by atoms with E-state index in [1.54, 1.807) is 4.68 Å². The Balaban J connectivity index is 2.15. The van der Waals surface area contributed by atoms with Gasteiger partial charge in [0.25, 0.3) is 5.69 Å². The molecule has 1 heterocycles. The van der Waals surface area contributed by atoms with Crippen LogP contribution in [0.15, 0.2) is 24.4 Å². The van der Waals surface area contributed by atoms with Gasteiger partial charge in [-0.15, -0.1) is 5.10 Å². The number of anilines is 1. The molecule has 0 atom stereocenters. The summed E-state index contributed by atoms with van der Waals surface area (Å²) in [7, 11) is 0. The van der Waals surface area contributed by atoms with Crippen LogP contribution in [0, 0.1) is 10.1 Å². The van der Waals surface area contributed by atoms with E-state index in [2.05, 4.69) is 15.6 Å². The normalized spacial score (nSPS) is 11.4. The van der Waals surface area contributed by atoms with Gasteiger partial charge in [0, 0.05) is 11.1 Å². The van der Waals surface area contributed by atoms with Gasteiger partial charge in [-0.2, -0.15) is 0 Å². The maximum absolute atomic E-state index is 11.0. The molecule has 0 radical (unpaired) electrons. The van der Waals surface area contributed by atoms with E-state index in [0.717, 1.165) is 0 Å². The average molecular weight is 310 g/mol. The fourth-order valence-electron chi connectivity index (χ4n) is 1.70. The second kappa shape index (κ2) is 5.69. The number of benzene rings is 1. The van der Waals surface area contributed by atoms with E-state index in [1.165, 1.54) is 18.2 Å². The van der Waals surface area contributed by atoms with Crippen LogP contribution in [0.1, 0.15) is 26.5 Å². The molecule has 0 saturated carbocycles. The van der Waals surface area contributed by atoms with Gasteiger partial charge in [-0.25, -0.2) is 4.68 Å². The molecule has 0 unspecified atom stereocenters. The summed E-state index contributed by atoms with van der Waals surface area (Å²) in [4.78, 5) is 10.5. The topological polar surface area (TPSA) is 85.9 Å². The zero-order valence-corrected chi connectivity index (χ0v) is 12.8. The van der Waals surface area contributed by atoms with Gasteiger partial charge in [-0.05, 0) is 32.9 Å². The number of rotatable bonds is 4. The fourth-order valence-corrected chi connectivity index (χ4v) is 1.87. The standard InChI is InChI=1S/C13H16ClN5O2/c1-13(2,3)18-8-10(16-17-18)7-15-11-6-9(14)4-5-12(11)19(20)21/h4-6,8,15H,7H2,1-3H3. The Hall–Kier alpha value is -2.15. The quantitative estimate of drug-likeness (QED) is 0.692. The van der Waals surface area contributed by atoms with Crippen molar-refractivity contribution in [1.29, 1.82) is 0 Å². The van der Waals surface area contributed by atoms with Crippen molar-refractivity contribution in [3.63, 3.8) is 0 Å². The first-order valence-corrected chi connectivity index (χ1v) is 6.74. The first-order valence-electron chi connectivity index (χ1n) is 6.37. The predicted octanol–water partition coefficient (Wildman–Crippen LogP) is 3.21. The summed E-state index contributed by atoms with van der Waals surface area (Å²) < 4.78 is 1.75. The van der Waals surface area contributed by atoms with Crippen LogP contribution in [0.5, 0.6) is 0 Å². The lowest BCUT2D eigenvalue weighted by Gasteiger charge is -2.17. The molecule has 1 N–H and O–H groups in total. The highest BCUT2D eigenvalue weighted by atomic mass is 35.5. The molecule has 2 aromatic rings. The Kier molecular flexibility index (Phi) is 4.13. The Morgan fingerprint density at radius 3 is 2.71 bits per heavy atom. The van der Waals surface area contributed by atoms with Gasteiger partial charge in [0.2, 0.25) is 0 Å². The molecule has 1 aromatic heterocycles. The van der Waals surface area contributed by atoms with Gasteiger partial charge in [-0.1, -0.05) is 16.8 Å². The lowest BCUT2D eigenvalue weighted by atomic mass is 10.1. The van der Waals surface area contributed by atoms with E-state index < -0.39 is 4.92 Å². The fraction of sp³-hybridized carbons (Fsp3) is 0.385. The molecular formula is C13H16ClN5O2. The summed E-state index contributed by atoms with van der Waals surface area (Å²) in [6, 6.07) is 4.38. The second-order valence-electron chi connectivity index (χ2n) is 5.60. The van der Waals surface area contributed by atoms with E-state index in [4.69, 9.17) is 11.6 Å².